The third kappa shape index (κ3) is 39.1. The average molecular weight is 1190 g/mol. The molecular weight excluding hydrogens is 1070 g/mol. The number of carbonyl (C=O) groups excluding carboxylic acids is 1. The van der Waals surface area contributed by atoms with E-state index in [0.29, 0.717) is 12.8 Å². The number of aliphatic hydroxyl groups excluding tert-OH is 8. The Kier molecular flexibility index (Phi) is 49.7. The molecule has 0 aromatic heterocycles. The predicted octanol–water partition coefficient (Wildman–Crippen LogP) is 12.9. The molecule has 1 amide bonds. The SMILES string of the molecule is CC/C=C\C/C=C\C/C=C\C/C=C\C/C=C\C/C=C\C/C=C\CCCCCCCCCCCC(=O)NC(COC1OC(CO)C(OC2OC(CO)C(O)C(O)C2O)C(O)C1O)C(O)/C=C/CC/C=C/CC/C=C/CCCCCCCCCCCC. The number of hydrogen-bond acceptors (Lipinski definition) is 13. The van der Waals surface area contributed by atoms with Crippen LogP contribution in [0.3, 0.4) is 0 Å². The van der Waals surface area contributed by atoms with Crippen LogP contribution in [-0.4, -0.2) is 140 Å². The molecule has 14 nitrogen and oxygen atoms in total. The summed E-state index contributed by atoms with van der Waals surface area (Å²) >= 11 is 0. The number of ether oxygens (including phenoxy) is 4. The maximum Gasteiger partial charge on any atom is 0.220 e. The van der Waals surface area contributed by atoms with Gasteiger partial charge in [-0.05, 0) is 103 Å². The van der Waals surface area contributed by atoms with Crippen LogP contribution in [0, 0.1) is 0 Å². The standard InChI is InChI=1S/C71H119NO13/c1-3-5-7-9-11-13-15-17-19-21-23-25-26-27-28-29-30-31-32-33-34-35-37-39-41-43-45-47-49-51-53-55-63(76)72-59(60(75)54-52-50-48-46-44-42-40-38-36-24-22-20-18-16-14-12-10-8-6-4-2)58-82-70-68(81)66(79)69(62(57-74)84-70)85-71-67(80)65(78)64(77)61(56-73)83-71/h5,7,11,13,17,19,23,25,27-28,30-31,33-34,36,38,44,46,52,54,59-62,64-71,73-75,77-81H,3-4,6,8-10,12,14-16,18,20-22,24,26,29,32,35,37,39-43,45,47-51,53,55-58H2,1-2H3,(H,72,76)/b7-5-,13-11-,19-17-,25-23-,28-27-,31-30-,34-33-,38-36+,46-44+,54-52+. The van der Waals surface area contributed by atoms with Gasteiger partial charge in [-0.1, -0.05) is 238 Å². The topological polar surface area (TPSA) is 228 Å². The molecule has 0 bridgehead atoms. The molecule has 0 radical (unpaired) electrons. The summed E-state index contributed by atoms with van der Waals surface area (Å²) in [6.07, 6.45) is 62.4. The Hall–Kier alpha value is -3.61. The maximum absolute atomic E-state index is 13.3. The van der Waals surface area contributed by atoms with Gasteiger partial charge in [0.05, 0.1) is 32.0 Å². The molecule has 0 aliphatic carbocycles. The molecular formula is C71H119NO13. The Bertz CT molecular complexity index is 1890. The van der Waals surface area contributed by atoms with Gasteiger partial charge in [0.1, 0.15) is 48.8 Å². The molecule has 9 N–H and O–H groups in total. The van der Waals surface area contributed by atoms with Crippen molar-refractivity contribution < 1.29 is 64.6 Å². The van der Waals surface area contributed by atoms with Crippen LogP contribution in [0.2, 0.25) is 0 Å². The van der Waals surface area contributed by atoms with E-state index in [4.69, 9.17) is 18.9 Å². The smallest absolute Gasteiger partial charge is 0.220 e. The average Bonchev–Trinajstić information content (AvgIpc) is 3.68. The molecule has 0 spiro atoms. The van der Waals surface area contributed by atoms with Gasteiger partial charge in [0.2, 0.25) is 5.91 Å². The molecule has 85 heavy (non-hydrogen) atoms. The van der Waals surface area contributed by atoms with Crippen molar-refractivity contribution >= 4 is 5.91 Å². The van der Waals surface area contributed by atoms with Crippen molar-refractivity contribution in [1.82, 2.24) is 5.32 Å². The number of rotatable bonds is 52. The van der Waals surface area contributed by atoms with E-state index in [1.807, 2.05) is 6.08 Å². The number of aliphatic hydroxyl groups is 8. The van der Waals surface area contributed by atoms with Gasteiger partial charge in [0, 0.05) is 6.42 Å². The number of allylic oxidation sites excluding steroid dienone is 19. The minimum atomic E-state index is -1.80. The largest absolute Gasteiger partial charge is 0.394 e. The van der Waals surface area contributed by atoms with Crippen molar-refractivity contribution in [3.05, 3.63) is 122 Å². The van der Waals surface area contributed by atoms with E-state index in [2.05, 4.69) is 129 Å². The van der Waals surface area contributed by atoms with Crippen LogP contribution in [0.25, 0.3) is 0 Å². The van der Waals surface area contributed by atoms with Crippen molar-refractivity contribution in [3.8, 4) is 0 Å². The summed E-state index contributed by atoms with van der Waals surface area (Å²) in [5.41, 5.74) is 0. The first kappa shape index (κ1) is 77.5. The lowest BCUT2D eigenvalue weighted by Gasteiger charge is -2.46. The summed E-state index contributed by atoms with van der Waals surface area (Å²) in [6, 6.07) is -0.951. The molecule has 2 heterocycles. The third-order valence-electron chi connectivity index (χ3n) is 15.4. The van der Waals surface area contributed by atoms with Crippen LogP contribution in [0.15, 0.2) is 122 Å². The highest BCUT2D eigenvalue weighted by atomic mass is 16.7. The molecule has 0 aromatic carbocycles. The third-order valence-corrected chi connectivity index (χ3v) is 15.4. The lowest BCUT2D eigenvalue weighted by atomic mass is 9.97. The maximum atomic E-state index is 13.3. The Morgan fingerprint density at radius 2 is 0.824 bits per heavy atom. The van der Waals surface area contributed by atoms with Gasteiger partial charge in [-0.15, -0.1) is 0 Å². The van der Waals surface area contributed by atoms with E-state index >= 15 is 0 Å². The van der Waals surface area contributed by atoms with Crippen molar-refractivity contribution in [2.75, 3.05) is 19.8 Å². The summed E-state index contributed by atoms with van der Waals surface area (Å²) in [7, 11) is 0. The first-order chi connectivity index (χ1) is 41.6. The molecule has 2 aliphatic rings. The quantitative estimate of drug-likeness (QED) is 0.0204. The van der Waals surface area contributed by atoms with Gasteiger partial charge in [-0.2, -0.15) is 0 Å². The number of hydrogen-bond donors (Lipinski definition) is 9. The molecule has 0 saturated carbocycles. The molecule has 0 aromatic rings. The molecule has 486 valence electrons. The summed E-state index contributed by atoms with van der Waals surface area (Å²) in [5, 5.41) is 87.3. The zero-order valence-electron chi connectivity index (χ0n) is 52.6. The van der Waals surface area contributed by atoms with Crippen LogP contribution >= 0.6 is 0 Å². The van der Waals surface area contributed by atoms with Crippen molar-refractivity contribution in [1.29, 1.82) is 0 Å². The zero-order valence-corrected chi connectivity index (χ0v) is 52.6. The molecule has 12 unspecified atom stereocenters. The van der Waals surface area contributed by atoms with Crippen LogP contribution < -0.4 is 5.32 Å². The van der Waals surface area contributed by atoms with Crippen LogP contribution in [0.1, 0.15) is 226 Å². The number of nitrogens with one attached hydrogen (secondary N) is 1. The number of amides is 1. The molecule has 2 aliphatic heterocycles. The van der Waals surface area contributed by atoms with E-state index < -0.39 is 86.8 Å². The van der Waals surface area contributed by atoms with Crippen molar-refractivity contribution in [2.45, 2.75) is 299 Å². The van der Waals surface area contributed by atoms with Crippen LogP contribution in [-0.2, 0) is 23.7 Å². The second kappa shape index (κ2) is 54.5. The molecule has 2 saturated heterocycles. The number of carbonyl (C=O) groups is 1. The Morgan fingerprint density at radius 1 is 0.435 bits per heavy atom. The molecule has 2 fully saturated rings. The number of unbranched alkanes of at least 4 members (excludes halogenated alkanes) is 21. The Balaban J connectivity index is 1.73. The van der Waals surface area contributed by atoms with E-state index in [1.54, 1.807) is 6.08 Å². The van der Waals surface area contributed by atoms with Crippen molar-refractivity contribution in [2.24, 2.45) is 0 Å². The van der Waals surface area contributed by atoms with Crippen molar-refractivity contribution in [3.63, 3.8) is 0 Å². The normalized spacial score (nSPS) is 24.4. The summed E-state index contributed by atoms with van der Waals surface area (Å²) in [5.74, 6) is -0.265. The fourth-order valence-corrected chi connectivity index (χ4v) is 10.1. The fourth-order valence-electron chi connectivity index (χ4n) is 10.1. The van der Waals surface area contributed by atoms with Gasteiger partial charge in [-0.3, -0.25) is 4.79 Å². The first-order valence-electron chi connectivity index (χ1n) is 33.3. The highest BCUT2D eigenvalue weighted by Crippen LogP contribution is 2.30. The Labute approximate surface area is 514 Å². The second-order valence-electron chi connectivity index (χ2n) is 22.8. The van der Waals surface area contributed by atoms with Crippen LogP contribution in [0.5, 0.6) is 0 Å². The summed E-state index contributed by atoms with van der Waals surface area (Å²) < 4.78 is 22.8. The lowest BCUT2D eigenvalue weighted by molar-refractivity contribution is -0.359. The van der Waals surface area contributed by atoms with Gasteiger partial charge in [0.15, 0.2) is 12.6 Å². The minimum Gasteiger partial charge on any atom is -0.394 e. The van der Waals surface area contributed by atoms with Gasteiger partial charge in [0.25, 0.3) is 0 Å². The van der Waals surface area contributed by atoms with Crippen LogP contribution in [0.4, 0.5) is 0 Å². The van der Waals surface area contributed by atoms with E-state index in [1.165, 1.54) is 89.9 Å². The monoisotopic (exact) mass is 1190 g/mol. The lowest BCUT2D eigenvalue weighted by Crippen LogP contribution is -2.65. The van der Waals surface area contributed by atoms with E-state index in [-0.39, 0.29) is 18.9 Å². The van der Waals surface area contributed by atoms with Gasteiger partial charge < -0.3 is 65.1 Å². The predicted molar refractivity (Wildman–Crippen MR) is 345 cm³/mol. The molecule has 12 atom stereocenters. The highest BCUT2D eigenvalue weighted by Gasteiger charge is 2.51. The Morgan fingerprint density at radius 3 is 1.29 bits per heavy atom. The van der Waals surface area contributed by atoms with Gasteiger partial charge >= 0.3 is 0 Å². The van der Waals surface area contributed by atoms with Gasteiger partial charge in [-0.25, -0.2) is 0 Å². The minimum absolute atomic E-state index is 0.255. The fraction of sp³-hybridized carbons (Fsp3) is 0.704. The first-order valence-corrected chi connectivity index (χ1v) is 33.3. The molecule has 14 heteroatoms. The summed E-state index contributed by atoms with van der Waals surface area (Å²) in [6.45, 7) is 2.65. The zero-order chi connectivity index (χ0) is 61.6. The van der Waals surface area contributed by atoms with E-state index in [0.717, 1.165) is 103 Å². The summed E-state index contributed by atoms with van der Waals surface area (Å²) in [4.78, 5) is 13.3. The molecule has 2 rings (SSSR count). The highest BCUT2D eigenvalue weighted by molar-refractivity contribution is 5.76. The van der Waals surface area contributed by atoms with E-state index in [9.17, 15) is 45.6 Å². The second-order valence-corrected chi connectivity index (χ2v) is 22.8.